The van der Waals surface area contributed by atoms with Gasteiger partial charge in [-0.05, 0) is 79.9 Å². The number of nitrogens with zero attached hydrogens (tertiary/aromatic N) is 1. The van der Waals surface area contributed by atoms with Crippen LogP contribution in [0.4, 0.5) is 10.1 Å². The standard InChI is InChI=1S/C34H34FNO7/c1-4-7-17-41-27-15-11-22(19-28(27)40-6-3)30-29-31(37)25-20-23(35)12-16-26(25)43-32(29)33(38)36(30)24-13-9-21(10-14-24)34(39)42-18-8-5-2/h9-16,19-20,30H,4-8,17-18H2,1-3H3. The minimum absolute atomic E-state index is 0.0353. The minimum Gasteiger partial charge on any atom is -0.490 e. The Bertz CT molecular complexity index is 1700. The molecule has 0 N–H and O–H groups in total. The molecule has 2 heterocycles. The highest BCUT2D eigenvalue weighted by atomic mass is 19.1. The first-order valence-corrected chi connectivity index (χ1v) is 14.6. The van der Waals surface area contributed by atoms with Gasteiger partial charge >= 0.3 is 5.97 Å². The molecule has 0 spiro atoms. The normalized spacial score (nSPS) is 14.2. The number of halogens is 1. The molecule has 1 atom stereocenters. The molecule has 9 heteroatoms. The molecule has 0 saturated heterocycles. The lowest BCUT2D eigenvalue weighted by Gasteiger charge is -2.26. The van der Waals surface area contributed by atoms with E-state index in [0.29, 0.717) is 48.1 Å². The lowest BCUT2D eigenvalue weighted by molar-refractivity contribution is 0.0499. The van der Waals surface area contributed by atoms with E-state index < -0.39 is 29.2 Å². The van der Waals surface area contributed by atoms with Crippen LogP contribution in [0.25, 0.3) is 11.0 Å². The van der Waals surface area contributed by atoms with Crippen molar-refractivity contribution in [1.29, 1.82) is 0 Å². The zero-order valence-electron chi connectivity index (χ0n) is 24.5. The number of fused-ring (bicyclic) bond motifs is 2. The molecule has 1 amide bonds. The number of rotatable bonds is 12. The van der Waals surface area contributed by atoms with Crippen molar-refractivity contribution < 1.29 is 32.6 Å². The van der Waals surface area contributed by atoms with Gasteiger partial charge in [0.1, 0.15) is 11.4 Å². The van der Waals surface area contributed by atoms with Crippen LogP contribution >= 0.6 is 0 Å². The average molecular weight is 588 g/mol. The number of ether oxygens (including phenoxy) is 3. The van der Waals surface area contributed by atoms with Crippen molar-refractivity contribution in [1.82, 2.24) is 0 Å². The Labute approximate surface area is 249 Å². The Morgan fingerprint density at radius 1 is 0.884 bits per heavy atom. The SMILES string of the molecule is CCCCOC(=O)c1ccc(N2C(=O)c3oc4ccc(F)cc4c(=O)c3C2c2ccc(OCCCC)c(OCC)c2)cc1. The van der Waals surface area contributed by atoms with Gasteiger partial charge in [0.05, 0.1) is 42.4 Å². The summed E-state index contributed by atoms with van der Waals surface area (Å²) in [4.78, 5) is 41.8. The van der Waals surface area contributed by atoms with Crippen LogP contribution in [0, 0.1) is 5.82 Å². The van der Waals surface area contributed by atoms with Crippen LogP contribution in [-0.4, -0.2) is 31.7 Å². The second kappa shape index (κ2) is 13.1. The summed E-state index contributed by atoms with van der Waals surface area (Å²) in [6.45, 7) is 7.14. The predicted molar refractivity (Wildman–Crippen MR) is 161 cm³/mol. The number of unbranched alkanes of at least 4 members (excludes halogenated alkanes) is 2. The molecule has 224 valence electrons. The molecule has 5 rings (SSSR count). The highest BCUT2D eigenvalue weighted by Gasteiger charge is 2.44. The molecule has 0 fully saturated rings. The second-order valence-corrected chi connectivity index (χ2v) is 10.3. The molecule has 1 aliphatic rings. The third-order valence-electron chi connectivity index (χ3n) is 7.28. The molecule has 0 radical (unpaired) electrons. The zero-order valence-corrected chi connectivity index (χ0v) is 24.5. The molecule has 1 aromatic heterocycles. The van der Waals surface area contributed by atoms with Crippen LogP contribution in [0.3, 0.4) is 0 Å². The van der Waals surface area contributed by atoms with Crippen LogP contribution in [0.2, 0.25) is 0 Å². The third-order valence-corrected chi connectivity index (χ3v) is 7.28. The van der Waals surface area contributed by atoms with Crippen molar-refractivity contribution in [3.05, 3.63) is 99.2 Å². The van der Waals surface area contributed by atoms with Crippen LogP contribution in [0.5, 0.6) is 11.5 Å². The Kier molecular flexibility index (Phi) is 9.09. The van der Waals surface area contributed by atoms with Crippen molar-refractivity contribution >= 4 is 28.5 Å². The Morgan fingerprint density at radius 3 is 2.35 bits per heavy atom. The number of carbonyl (C=O) groups is 2. The van der Waals surface area contributed by atoms with Gasteiger partial charge in [-0.25, -0.2) is 9.18 Å². The minimum atomic E-state index is -0.919. The number of carbonyl (C=O) groups excluding carboxylic acids is 2. The third kappa shape index (κ3) is 5.98. The van der Waals surface area contributed by atoms with Gasteiger partial charge in [-0.15, -0.1) is 0 Å². The number of hydrogen-bond donors (Lipinski definition) is 0. The quantitative estimate of drug-likeness (QED) is 0.128. The molecule has 8 nitrogen and oxygen atoms in total. The van der Waals surface area contributed by atoms with Crippen LogP contribution in [0.1, 0.15) is 84.5 Å². The number of benzene rings is 3. The predicted octanol–water partition coefficient (Wildman–Crippen LogP) is 7.22. The van der Waals surface area contributed by atoms with E-state index in [9.17, 15) is 18.8 Å². The van der Waals surface area contributed by atoms with E-state index in [2.05, 4.69) is 6.92 Å². The molecule has 0 saturated carbocycles. The largest absolute Gasteiger partial charge is 0.490 e. The summed E-state index contributed by atoms with van der Waals surface area (Å²) < 4.78 is 37.3. The van der Waals surface area contributed by atoms with E-state index in [1.807, 2.05) is 13.8 Å². The highest BCUT2D eigenvalue weighted by Crippen LogP contribution is 2.43. The van der Waals surface area contributed by atoms with Crippen LogP contribution < -0.4 is 19.8 Å². The molecule has 1 aliphatic heterocycles. The number of anilines is 1. The molecule has 3 aromatic carbocycles. The lowest BCUT2D eigenvalue weighted by atomic mass is 9.97. The highest BCUT2D eigenvalue weighted by molar-refractivity contribution is 6.10. The summed E-state index contributed by atoms with van der Waals surface area (Å²) >= 11 is 0. The van der Waals surface area contributed by atoms with Gasteiger partial charge < -0.3 is 18.6 Å². The van der Waals surface area contributed by atoms with Crippen LogP contribution in [-0.2, 0) is 4.74 Å². The van der Waals surface area contributed by atoms with Gasteiger partial charge in [-0.2, -0.15) is 0 Å². The van der Waals surface area contributed by atoms with Crippen molar-refractivity contribution in [3.8, 4) is 11.5 Å². The topological polar surface area (TPSA) is 95.3 Å². The molecule has 1 unspecified atom stereocenters. The smallest absolute Gasteiger partial charge is 0.338 e. The summed E-state index contributed by atoms with van der Waals surface area (Å²) in [6.07, 6.45) is 3.50. The molecule has 0 bridgehead atoms. The fourth-order valence-corrected chi connectivity index (χ4v) is 5.09. The van der Waals surface area contributed by atoms with Gasteiger partial charge in [0, 0.05) is 5.69 Å². The van der Waals surface area contributed by atoms with E-state index in [0.717, 1.165) is 31.7 Å². The maximum absolute atomic E-state index is 14.2. The van der Waals surface area contributed by atoms with Crippen molar-refractivity contribution in [2.24, 2.45) is 0 Å². The number of hydrogen-bond acceptors (Lipinski definition) is 7. The van der Waals surface area contributed by atoms with E-state index in [1.165, 1.54) is 17.0 Å². The van der Waals surface area contributed by atoms with E-state index >= 15 is 0 Å². The monoisotopic (exact) mass is 587 g/mol. The van der Waals surface area contributed by atoms with Crippen molar-refractivity contribution in [2.45, 2.75) is 52.5 Å². The molecule has 0 aliphatic carbocycles. The summed E-state index contributed by atoms with van der Waals surface area (Å²) in [5, 5.41) is 0.0353. The van der Waals surface area contributed by atoms with Gasteiger partial charge in [0.15, 0.2) is 16.9 Å². The van der Waals surface area contributed by atoms with E-state index in [1.54, 1.807) is 42.5 Å². The Balaban J connectivity index is 1.62. The summed E-state index contributed by atoms with van der Waals surface area (Å²) in [5.74, 6) is -0.697. The van der Waals surface area contributed by atoms with Crippen molar-refractivity contribution in [3.63, 3.8) is 0 Å². The zero-order chi connectivity index (χ0) is 30.5. The second-order valence-electron chi connectivity index (χ2n) is 10.3. The lowest BCUT2D eigenvalue weighted by Crippen LogP contribution is -2.29. The fraction of sp³-hybridized carbons (Fsp3) is 0.324. The first-order valence-electron chi connectivity index (χ1n) is 14.6. The van der Waals surface area contributed by atoms with E-state index in [4.69, 9.17) is 18.6 Å². The van der Waals surface area contributed by atoms with Gasteiger partial charge in [-0.1, -0.05) is 32.8 Å². The average Bonchev–Trinajstić information content (AvgIpc) is 3.30. The maximum Gasteiger partial charge on any atom is 0.338 e. The summed E-state index contributed by atoms with van der Waals surface area (Å²) in [5.41, 5.74) is 1.04. The molecular formula is C34H34FNO7. The number of amides is 1. The van der Waals surface area contributed by atoms with Gasteiger partial charge in [-0.3, -0.25) is 14.5 Å². The van der Waals surface area contributed by atoms with Gasteiger partial charge in [0.25, 0.3) is 5.91 Å². The summed E-state index contributed by atoms with van der Waals surface area (Å²) in [7, 11) is 0. The Hall–Kier alpha value is -4.66. The van der Waals surface area contributed by atoms with Crippen LogP contribution in [0.15, 0.2) is 69.9 Å². The Morgan fingerprint density at radius 2 is 1.63 bits per heavy atom. The maximum atomic E-state index is 14.2. The number of esters is 1. The fourth-order valence-electron chi connectivity index (χ4n) is 5.09. The molecular weight excluding hydrogens is 553 g/mol. The van der Waals surface area contributed by atoms with E-state index in [-0.39, 0.29) is 22.3 Å². The van der Waals surface area contributed by atoms with Crippen molar-refractivity contribution in [2.75, 3.05) is 24.7 Å². The molecule has 4 aromatic rings. The molecule has 43 heavy (non-hydrogen) atoms. The summed E-state index contributed by atoms with van der Waals surface area (Å²) in [6, 6.07) is 14.4. The first-order chi connectivity index (χ1) is 20.9. The first kappa shape index (κ1) is 29.8. The van der Waals surface area contributed by atoms with Gasteiger partial charge in [0.2, 0.25) is 5.76 Å².